The third-order valence-corrected chi connectivity index (χ3v) is 7.35. The van der Waals surface area contributed by atoms with Gasteiger partial charge in [0.1, 0.15) is 5.75 Å². The maximum absolute atomic E-state index is 12.7. The van der Waals surface area contributed by atoms with Crippen LogP contribution in [0.5, 0.6) is 11.6 Å². The summed E-state index contributed by atoms with van der Waals surface area (Å²) in [6.07, 6.45) is 16.2. The fourth-order valence-corrected chi connectivity index (χ4v) is 4.96. The largest absolute Gasteiger partial charge is 1.00 e. The summed E-state index contributed by atoms with van der Waals surface area (Å²) in [5, 5.41) is 3.22. The molecule has 2 unspecified atom stereocenters. The number of benzene rings is 2. The molecule has 2 aromatic carbocycles. The third-order valence-electron chi connectivity index (χ3n) is 7.35. The quantitative estimate of drug-likeness (QED) is 0.0742. The van der Waals surface area contributed by atoms with Gasteiger partial charge >= 0.3 is 57.4 Å². The molecule has 238 valence electrons. The molecule has 1 N–H and O–H groups in total. The number of ether oxygens (including phenoxy) is 2. The maximum Gasteiger partial charge on any atom is 1.00 e. The van der Waals surface area contributed by atoms with Crippen molar-refractivity contribution in [2.45, 2.75) is 57.9 Å². The van der Waals surface area contributed by atoms with Crippen molar-refractivity contribution in [3.05, 3.63) is 127 Å². The molecular formula is C38H47KN4O3. The summed E-state index contributed by atoms with van der Waals surface area (Å²) in [5.41, 5.74) is 4.71. The van der Waals surface area contributed by atoms with Crippen molar-refractivity contribution in [2.24, 2.45) is 4.99 Å². The van der Waals surface area contributed by atoms with Gasteiger partial charge in [0, 0.05) is 43.9 Å². The summed E-state index contributed by atoms with van der Waals surface area (Å²) >= 11 is 0. The Morgan fingerprint density at radius 3 is 2.50 bits per heavy atom. The molecule has 0 radical (unpaired) electrons. The molecule has 2 atom stereocenters. The van der Waals surface area contributed by atoms with Gasteiger partial charge in [0.15, 0.2) is 6.40 Å². The maximum atomic E-state index is 12.7. The third kappa shape index (κ3) is 13.8. The molecule has 0 spiro atoms. The summed E-state index contributed by atoms with van der Waals surface area (Å²) in [6, 6.07) is 24.6. The number of rotatable bonds is 10. The first kappa shape index (κ1) is 39.2. The van der Waals surface area contributed by atoms with Gasteiger partial charge in [-0.05, 0) is 74.4 Å². The van der Waals surface area contributed by atoms with Crippen LogP contribution in [0.2, 0.25) is 0 Å². The summed E-state index contributed by atoms with van der Waals surface area (Å²) in [5.74, 6) is 1.83. The fraction of sp³-hybridized carbons (Fsp3) is 0.316. The van der Waals surface area contributed by atoms with Crippen LogP contribution in [0.3, 0.4) is 0 Å². The van der Waals surface area contributed by atoms with E-state index in [4.69, 9.17) is 9.47 Å². The number of hydrogen-bond donors (Lipinski definition) is 1. The van der Waals surface area contributed by atoms with Gasteiger partial charge in [0.2, 0.25) is 5.88 Å². The average molecular weight is 647 g/mol. The minimum absolute atomic E-state index is 0. The number of carbonyl (C=O) groups is 1. The second kappa shape index (κ2) is 21.7. The van der Waals surface area contributed by atoms with Crippen molar-refractivity contribution in [3.8, 4) is 11.6 Å². The van der Waals surface area contributed by atoms with Gasteiger partial charge in [-0.1, -0.05) is 79.3 Å². The monoisotopic (exact) mass is 646 g/mol. The second-order valence-electron chi connectivity index (χ2n) is 10.9. The topological polar surface area (TPSA) is 76.1 Å². The predicted octanol–water partition coefficient (Wildman–Crippen LogP) is 5.91. The molecule has 2 amide bonds. The number of nitrogens with zero attached hydrogens (tertiary/aromatic N) is 3. The number of nitrogens with one attached hydrogen (secondary N) is 1. The first-order valence-electron chi connectivity index (χ1n) is 15.4. The van der Waals surface area contributed by atoms with Gasteiger partial charge in [-0.25, -0.2) is 9.78 Å². The zero-order valence-corrected chi connectivity index (χ0v) is 31.2. The van der Waals surface area contributed by atoms with Crippen LogP contribution in [0, 0.1) is 14.4 Å². The number of likely N-dealkylation sites (tertiary alicyclic amines) is 1. The van der Waals surface area contributed by atoms with E-state index in [0.29, 0.717) is 11.8 Å². The van der Waals surface area contributed by atoms with E-state index < -0.39 is 0 Å². The number of pyridine rings is 1. The molecule has 3 aromatic rings. The molecule has 1 saturated carbocycles. The molecule has 2 heterocycles. The minimum Gasteiger partial charge on any atom is -0.454 e. The number of hydrogen-bond acceptors (Lipinski definition) is 5. The molecule has 2 fully saturated rings. The molecule has 1 aliphatic carbocycles. The smallest absolute Gasteiger partial charge is 0.454 e. The Hall–Kier alpha value is -3.01. The Morgan fingerprint density at radius 1 is 1.02 bits per heavy atom. The number of aromatic nitrogens is 1. The summed E-state index contributed by atoms with van der Waals surface area (Å²) < 4.78 is 10.8. The first-order valence-corrected chi connectivity index (χ1v) is 15.4. The van der Waals surface area contributed by atoms with Crippen LogP contribution in [-0.2, 0) is 4.74 Å². The van der Waals surface area contributed by atoms with E-state index in [1.165, 1.54) is 17.5 Å². The minimum atomic E-state index is 0. The van der Waals surface area contributed by atoms with Gasteiger partial charge in [0.25, 0.3) is 0 Å². The zero-order valence-electron chi connectivity index (χ0n) is 28.1. The van der Waals surface area contributed by atoms with Gasteiger partial charge in [0.05, 0.1) is 6.26 Å². The predicted molar refractivity (Wildman–Crippen MR) is 185 cm³/mol. The Kier molecular flexibility index (Phi) is 18.5. The van der Waals surface area contributed by atoms with E-state index >= 15 is 0 Å². The van der Waals surface area contributed by atoms with Crippen LogP contribution in [0.25, 0.3) is 6.08 Å². The van der Waals surface area contributed by atoms with Crippen molar-refractivity contribution < 1.29 is 65.7 Å². The standard InChI is InChI=1S/C28H29N3O2.C9H15NO.CH3.K/c1-20-7-5-12-27(29-20)33-24-11-6-8-22(18-24)17-21-13-15-31(16-14-21)28(32)30-26-19-25(26)23-9-3-2-4-10-23;1-3-4-5-6-7-8-11-9-10-2;;/h2-12,17-18,25-26H,13-16,19H2,1H3,(H,30,32);4-5,7-9H,3,6H2,1-2H3;1H3;/q;;-1;+1/b;5-4+,8-7+,10-9?;;. The first-order chi connectivity index (χ1) is 21.6. The Morgan fingerprint density at radius 2 is 1.78 bits per heavy atom. The van der Waals surface area contributed by atoms with Crippen molar-refractivity contribution >= 4 is 18.5 Å². The van der Waals surface area contributed by atoms with Crippen LogP contribution in [-0.4, -0.2) is 48.5 Å². The number of urea groups is 1. The van der Waals surface area contributed by atoms with Crippen LogP contribution in [0.1, 0.15) is 61.8 Å². The van der Waals surface area contributed by atoms with E-state index in [-0.39, 0.29) is 70.9 Å². The molecule has 1 aromatic heterocycles. The van der Waals surface area contributed by atoms with Gasteiger partial charge in [-0.15, -0.1) is 0 Å². The molecule has 0 bridgehead atoms. The second-order valence-corrected chi connectivity index (χ2v) is 10.9. The van der Waals surface area contributed by atoms with Crippen molar-refractivity contribution in [2.75, 3.05) is 20.1 Å². The molecule has 2 aliphatic rings. The normalized spacial score (nSPS) is 17.0. The summed E-state index contributed by atoms with van der Waals surface area (Å²) in [7, 11) is 1.67. The van der Waals surface area contributed by atoms with Crippen LogP contribution < -0.4 is 61.4 Å². The zero-order chi connectivity index (χ0) is 31.0. The number of carbonyl (C=O) groups excluding carboxylic acids is 1. The Bertz CT molecular complexity index is 1450. The van der Waals surface area contributed by atoms with Crippen molar-refractivity contribution in [1.29, 1.82) is 0 Å². The van der Waals surface area contributed by atoms with Crippen LogP contribution in [0.15, 0.2) is 108 Å². The van der Waals surface area contributed by atoms with Crippen LogP contribution >= 0.6 is 0 Å². The SMILES string of the molecule is CC/C=C/C/C=C/OC=NC.Cc1cccc(Oc2cccc(C=C3CCN(C(=O)NC4CC4c4ccccc4)CC3)c2)n1.[CH3-].[K+]. The fourth-order valence-electron chi connectivity index (χ4n) is 4.96. The molecule has 1 aliphatic heterocycles. The molecule has 8 heteroatoms. The number of piperidine rings is 1. The van der Waals surface area contributed by atoms with Gasteiger partial charge in [-0.3, -0.25) is 4.99 Å². The van der Waals surface area contributed by atoms with Crippen molar-refractivity contribution in [3.63, 3.8) is 0 Å². The van der Waals surface area contributed by atoms with Gasteiger partial charge < -0.3 is 27.1 Å². The molecule has 5 rings (SSSR count). The molecule has 46 heavy (non-hydrogen) atoms. The molecular weight excluding hydrogens is 600 g/mol. The van der Waals surface area contributed by atoms with E-state index in [2.05, 4.69) is 70.8 Å². The van der Waals surface area contributed by atoms with E-state index in [1.807, 2.05) is 60.4 Å². The van der Waals surface area contributed by atoms with E-state index in [9.17, 15) is 4.79 Å². The molecule has 7 nitrogen and oxygen atoms in total. The summed E-state index contributed by atoms with van der Waals surface area (Å²) in [4.78, 5) is 22.7. The number of aliphatic imine (C=N–C) groups is 1. The molecule has 1 saturated heterocycles. The number of amides is 2. The average Bonchev–Trinajstić information content (AvgIpc) is 3.81. The Balaban J connectivity index is 0.000000491. The van der Waals surface area contributed by atoms with Crippen LogP contribution in [0.4, 0.5) is 4.79 Å². The van der Waals surface area contributed by atoms with Gasteiger partial charge in [-0.2, -0.15) is 0 Å². The van der Waals surface area contributed by atoms with Crippen molar-refractivity contribution in [1.82, 2.24) is 15.2 Å². The summed E-state index contributed by atoms with van der Waals surface area (Å²) in [6.45, 7) is 5.57. The number of aryl methyl sites for hydroxylation is 1. The van der Waals surface area contributed by atoms with E-state index in [1.54, 1.807) is 13.3 Å². The van der Waals surface area contributed by atoms with E-state index in [0.717, 1.165) is 62.2 Å². The Labute approximate surface area is 318 Å². The number of allylic oxidation sites excluding steroid dienone is 3.